The quantitative estimate of drug-likeness (QED) is 0.534. The molecule has 0 aromatic heterocycles. The second kappa shape index (κ2) is 3.07. The number of ether oxygens (including phenoxy) is 2. The zero-order valence-corrected chi connectivity index (χ0v) is 6.46. The van der Waals surface area contributed by atoms with Crippen LogP contribution in [-0.2, 0) is 9.47 Å². The lowest BCUT2D eigenvalue weighted by molar-refractivity contribution is -0.185. The Morgan fingerprint density at radius 3 is 3.09 bits per heavy atom. The molecule has 2 nitrogen and oxygen atoms in total. The number of hydrogen-bond acceptors (Lipinski definition) is 2. The van der Waals surface area contributed by atoms with Crippen molar-refractivity contribution in [1.82, 2.24) is 0 Å². The number of alkyl halides is 1. The van der Waals surface area contributed by atoms with Gasteiger partial charge in [0.25, 0.3) is 0 Å². The van der Waals surface area contributed by atoms with Gasteiger partial charge >= 0.3 is 0 Å². The molecule has 0 radical (unpaired) electrons. The molecule has 11 heavy (non-hydrogen) atoms. The fourth-order valence-corrected chi connectivity index (χ4v) is 1.91. The van der Waals surface area contributed by atoms with Crippen LogP contribution in [-0.4, -0.2) is 25.7 Å². The van der Waals surface area contributed by atoms with Crippen LogP contribution < -0.4 is 0 Å². The first-order valence-corrected chi connectivity index (χ1v) is 4.19. The molecule has 0 aromatic rings. The van der Waals surface area contributed by atoms with Gasteiger partial charge in [-0.15, -0.1) is 0 Å². The smallest absolute Gasteiger partial charge is 0.147 e. The fourth-order valence-electron chi connectivity index (χ4n) is 1.91. The Bertz CT molecular complexity index is 140. The minimum absolute atomic E-state index is 0.274. The van der Waals surface area contributed by atoms with Crippen molar-refractivity contribution < 1.29 is 13.9 Å². The zero-order chi connectivity index (χ0) is 7.68. The molecular formula is C8H13FO2. The number of hydrogen-bond donors (Lipinski definition) is 0. The Morgan fingerprint density at radius 2 is 2.18 bits per heavy atom. The van der Waals surface area contributed by atoms with Gasteiger partial charge in [0, 0.05) is 5.92 Å². The first-order valence-electron chi connectivity index (χ1n) is 4.19. The third-order valence-electron chi connectivity index (χ3n) is 2.55. The summed E-state index contributed by atoms with van der Waals surface area (Å²) >= 11 is 0. The SMILES string of the molecule is FC1CCC2OCOCC2C1. The van der Waals surface area contributed by atoms with Crippen LogP contribution in [0.4, 0.5) is 4.39 Å². The van der Waals surface area contributed by atoms with Gasteiger partial charge < -0.3 is 9.47 Å². The normalized spacial score (nSPS) is 45.0. The van der Waals surface area contributed by atoms with Crippen molar-refractivity contribution in [2.75, 3.05) is 13.4 Å². The Hall–Kier alpha value is -0.150. The largest absolute Gasteiger partial charge is 0.355 e. The van der Waals surface area contributed by atoms with Crippen LogP contribution in [0.3, 0.4) is 0 Å². The summed E-state index contributed by atoms with van der Waals surface area (Å²) in [4.78, 5) is 0. The number of halogens is 1. The van der Waals surface area contributed by atoms with E-state index in [-0.39, 0.29) is 6.10 Å². The van der Waals surface area contributed by atoms with Gasteiger partial charge in [-0.2, -0.15) is 0 Å². The molecule has 0 N–H and O–H groups in total. The van der Waals surface area contributed by atoms with Crippen molar-refractivity contribution in [2.45, 2.75) is 31.5 Å². The van der Waals surface area contributed by atoms with Crippen LogP contribution in [0.25, 0.3) is 0 Å². The molecule has 1 saturated heterocycles. The molecule has 3 unspecified atom stereocenters. The third-order valence-corrected chi connectivity index (χ3v) is 2.55. The molecule has 0 aromatic carbocycles. The van der Waals surface area contributed by atoms with Crippen LogP contribution in [0.5, 0.6) is 0 Å². The summed E-state index contributed by atoms with van der Waals surface area (Å²) in [5, 5.41) is 0. The predicted molar refractivity (Wildman–Crippen MR) is 37.9 cm³/mol. The second-order valence-electron chi connectivity index (χ2n) is 3.36. The predicted octanol–water partition coefficient (Wildman–Crippen LogP) is 1.50. The molecule has 1 aliphatic heterocycles. The molecule has 1 saturated carbocycles. The van der Waals surface area contributed by atoms with Gasteiger partial charge in [-0.3, -0.25) is 0 Å². The van der Waals surface area contributed by atoms with Crippen LogP contribution in [0, 0.1) is 5.92 Å². The minimum Gasteiger partial charge on any atom is -0.355 e. The molecule has 2 rings (SSSR count). The van der Waals surface area contributed by atoms with Gasteiger partial charge in [0.05, 0.1) is 12.7 Å². The minimum atomic E-state index is -0.624. The van der Waals surface area contributed by atoms with E-state index in [1.807, 2.05) is 0 Å². The zero-order valence-electron chi connectivity index (χ0n) is 6.46. The highest BCUT2D eigenvalue weighted by atomic mass is 19.1. The average Bonchev–Trinajstić information content (AvgIpc) is 2.04. The summed E-state index contributed by atoms with van der Waals surface area (Å²) in [6, 6.07) is 0. The van der Waals surface area contributed by atoms with Gasteiger partial charge in [0.15, 0.2) is 0 Å². The van der Waals surface area contributed by atoms with Gasteiger partial charge in [0.1, 0.15) is 13.0 Å². The van der Waals surface area contributed by atoms with Crippen LogP contribution >= 0.6 is 0 Å². The second-order valence-corrected chi connectivity index (χ2v) is 3.36. The molecule has 0 amide bonds. The Kier molecular flexibility index (Phi) is 2.09. The maximum atomic E-state index is 12.8. The Labute approximate surface area is 65.7 Å². The van der Waals surface area contributed by atoms with E-state index in [0.717, 1.165) is 6.42 Å². The maximum absolute atomic E-state index is 12.8. The summed E-state index contributed by atoms with van der Waals surface area (Å²) in [7, 11) is 0. The molecule has 1 heterocycles. The standard InChI is InChI=1S/C8H13FO2/c9-7-1-2-8-6(3-7)4-10-5-11-8/h6-8H,1-5H2. The first kappa shape index (κ1) is 7.50. The lowest BCUT2D eigenvalue weighted by Crippen LogP contribution is -2.39. The van der Waals surface area contributed by atoms with E-state index in [1.54, 1.807) is 0 Å². The van der Waals surface area contributed by atoms with E-state index >= 15 is 0 Å². The number of rotatable bonds is 0. The highest BCUT2D eigenvalue weighted by Crippen LogP contribution is 2.31. The topological polar surface area (TPSA) is 18.5 Å². The van der Waals surface area contributed by atoms with E-state index in [1.165, 1.54) is 0 Å². The average molecular weight is 160 g/mol. The van der Waals surface area contributed by atoms with E-state index in [9.17, 15) is 4.39 Å². The monoisotopic (exact) mass is 160 g/mol. The summed E-state index contributed by atoms with van der Waals surface area (Å²) in [5.41, 5.74) is 0. The molecule has 3 atom stereocenters. The Balaban J connectivity index is 1.93. The molecule has 0 spiro atoms. The molecule has 64 valence electrons. The summed E-state index contributed by atoms with van der Waals surface area (Å²) in [6.45, 7) is 1.09. The maximum Gasteiger partial charge on any atom is 0.147 e. The molecule has 1 aliphatic carbocycles. The van der Waals surface area contributed by atoms with E-state index in [2.05, 4.69) is 0 Å². The lowest BCUT2D eigenvalue weighted by Gasteiger charge is -2.36. The van der Waals surface area contributed by atoms with Crippen LogP contribution in [0.1, 0.15) is 19.3 Å². The van der Waals surface area contributed by atoms with Crippen molar-refractivity contribution in [3.05, 3.63) is 0 Å². The molecule has 2 fully saturated rings. The van der Waals surface area contributed by atoms with Gasteiger partial charge in [-0.05, 0) is 19.3 Å². The van der Waals surface area contributed by atoms with Gasteiger partial charge in [0.2, 0.25) is 0 Å². The molecule has 3 heteroatoms. The lowest BCUT2D eigenvalue weighted by atomic mass is 9.85. The van der Waals surface area contributed by atoms with E-state index in [4.69, 9.17) is 9.47 Å². The van der Waals surface area contributed by atoms with Gasteiger partial charge in [-0.25, -0.2) is 4.39 Å². The van der Waals surface area contributed by atoms with Crippen LogP contribution in [0.2, 0.25) is 0 Å². The summed E-state index contributed by atoms with van der Waals surface area (Å²) in [6.07, 6.45) is 1.82. The fraction of sp³-hybridized carbons (Fsp3) is 1.00. The summed E-state index contributed by atoms with van der Waals surface area (Å²) in [5.74, 6) is 0.312. The molecule has 0 bridgehead atoms. The Morgan fingerprint density at radius 1 is 1.27 bits per heavy atom. The first-order chi connectivity index (χ1) is 5.36. The highest BCUT2D eigenvalue weighted by molar-refractivity contribution is 4.81. The van der Waals surface area contributed by atoms with E-state index < -0.39 is 6.17 Å². The number of fused-ring (bicyclic) bond motifs is 1. The molecule has 2 aliphatic rings. The van der Waals surface area contributed by atoms with E-state index in [0.29, 0.717) is 32.2 Å². The molecular weight excluding hydrogens is 147 g/mol. The van der Waals surface area contributed by atoms with Crippen molar-refractivity contribution in [2.24, 2.45) is 5.92 Å². The van der Waals surface area contributed by atoms with Crippen molar-refractivity contribution >= 4 is 0 Å². The van der Waals surface area contributed by atoms with Crippen molar-refractivity contribution in [1.29, 1.82) is 0 Å². The summed E-state index contributed by atoms with van der Waals surface area (Å²) < 4.78 is 23.3. The van der Waals surface area contributed by atoms with Crippen LogP contribution in [0.15, 0.2) is 0 Å². The van der Waals surface area contributed by atoms with Crippen molar-refractivity contribution in [3.8, 4) is 0 Å². The highest BCUT2D eigenvalue weighted by Gasteiger charge is 2.33. The van der Waals surface area contributed by atoms with Crippen molar-refractivity contribution in [3.63, 3.8) is 0 Å². The van der Waals surface area contributed by atoms with Gasteiger partial charge in [-0.1, -0.05) is 0 Å². The third kappa shape index (κ3) is 1.54.